The first-order valence-corrected chi connectivity index (χ1v) is 6.47. The summed E-state index contributed by atoms with van der Waals surface area (Å²) in [5.41, 5.74) is 0.712. The Bertz CT molecular complexity index is 503. The standard InChI is InChI=1S/C12H12INO4/c1-18-8-2-3-9(13)10(5-8)14-6-7(12(16)17)4-11(14)15/h2-3,5,7H,4,6H2,1H3,(H,16,17). The first kappa shape index (κ1) is 13.1. The zero-order chi connectivity index (χ0) is 13.3. The van der Waals surface area contributed by atoms with Crippen LogP contribution in [0, 0.1) is 9.49 Å². The van der Waals surface area contributed by atoms with E-state index >= 15 is 0 Å². The fourth-order valence-corrected chi connectivity index (χ4v) is 2.56. The highest BCUT2D eigenvalue weighted by Gasteiger charge is 2.35. The summed E-state index contributed by atoms with van der Waals surface area (Å²) in [6, 6.07) is 5.40. The smallest absolute Gasteiger partial charge is 0.308 e. The topological polar surface area (TPSA) is 66.8 Å². The Hall–Kier alpha value is -1.31. The summed E-state index contributed by atoms with van der Waals surface area (Å²) in [7, 11) is 1.55. The number of amides is 1. The fourth-order valence-electron chi connectivity index (χ4n) is 1.93. The lowest BCUT2D eigenvalue weighted by Crippen LogP contribution is -2.26. The van der Waals surface area contributed by atoms with E-state index in [1.165, 1.54) is 4.90 Å². The van der Waals surface area contributed by atoms with Crippen molar-refractivity contribution in [2.24, 2.45) is 5.92 Å². The molecule has 0 radical (unpaired) electrons. The number of benzene rings is 1. The van der Waals surface area contributed by atoms with Gasteiger partial charge >= 0.3 is 5.97 Å². The van der Waals surface area contributed by atoms with Crippen LogP contribution in [0.4, 0.5) is 5.69 Å². The van der Waals surface area contributed by atoms with Crippen molar-refractivity contribution in [3.8, 4) is 5.75 Å². The van der Waals surface area contributed by atoms with Gasteiger partial charge in [-0.05, 0) is 34.7 Å². The number of ether oxygens (including phenoxy) is 1. The summed E-state index contributed by atoms with van der Waals surface area (Å²) in [5.74, 6) is -1.06. The van der Waals surface area contributed by atoms with E-state index in [1.54, 1.807) is 19.2 Å². The second-order valence-electron chi connectivity index (χ2n) is 4.06. The van der Waals surface area contributed by atoms with Crippen molar-refractivity contribution >= 4 is 40.2 Å². The SMILES string of the molecule is COc1ccc(I)c(N2CC(C(=O)O)CC2=O)c1. The highest BCUT2D eigenvalue weighted by atomic mass is 127. The summed E-state index contributed by atoms with van der Waals surface area (Å²) in [4.78, 5) is 24.3. The van der Waals surface area contributed by atoms with Gasteiger partial charge in [0, 0.05) is 22.6 Å². The molecular weight excluding hydrogens is 349 g/mol. The molecule has 0 aliphatic carbocycles. The van der Waals surface area contributed by atoms with Crippen LogP contribution in [-0.4, -0.2) is 30.6 Å². The van der Waals surface area contributed by atoms with Crippen LogP contribution in [0.1, 0.15) is 6.42 Å². The summed E-state index contributed by atoms with van der Waals surface area (Å²) in [6.45, 7) is 0.220. The van der Waals surface area contributed by atoms with Crippen molar-refractivity contribution in [1.82, 2.24) is 0 Å². The second kappa shape index (κ2) is 5.13. The number of hydrogen-bond acceptors (Lipinski definition) is 3. The van der Waals surface area contributed by atoms with E-state index in [-0.39, 0.29) is 18.9 Å². The van der Waals surface area contributed by atoms with E-state index in [2.05, 4.69) is 22.6 Å². The maximum Gasteiger partial charge on any atom is 0.308 e. The first-order chi connectivity index (χ1) is 8.52. The molecule has 1 aromatic carbocycles. The van der Waals surface area contributed by atoms with Crippen LogP contribution >= 0.6 is 22.6 Å². The molecule has 96 valence electrons. The molecule has 1 heterocycles. The van der Waals surface area contributed by atoms with Crippen LogP contribution in [-0.2, 0) is 9.59 Å². The lowest BCUT2D eigenvalue weighted by molar-refractivity contribution is -0.141. The molecule has 1 atom stereocenters. The van der Waals surface area contributed by atoms with Crippen LogP contribution < -0.4 is 9.64 Å². The Morgan fingerprint density at radius 2 is 2.28 bits per heavy atom. The summed E-state index contributed by atoms with van der Waals surface area (Å²) < 4.78 is 6.02. The normalized spacial score (nSPS) is 19.1. The Balaban J connectivity index is 2.32. The molecule has 18 heavy (non-hydrogen) atoms. The predicted molar refractivity (Wildman–Crippen MR) is 73.8 cm³/mol. The Labute approximate surface area is 118 Å². The van der Waals surface area contributed by atoms with Gasteiger partial charge in [0.05, 0.1) is 18.7 Å². The van der Waals surface area contributed by atoms with Gasteiger partial charge in [-0.3, -0.25) is 9.59 Å². The Morgan fingerprint density at radius 3 is 2.83 bits per heavy atom. The van der Waals surface area contributed by atoms with Crippen molar-refractivity contribution < 1.29 is 19.4 Å². The minimum absolute atomic E-state index is 0.0582. The molecule has 1 aliphatic rings. The molecular formula is C12H12INO4. The van der Waals surface area contributed by atoms with E-state index in [1.807, 2.05) is 6.07 Å². The molecule has 0 saturated carbocycles. The molecule has 1 aromatic rings. The second-order valence-corrected chi connectivity index (χ2v) is 5.22. The van der Waals surface area contributed by atoms with Crippen LogP contribution in [0.2, 0.25) is 0 Å². The number of rotatable bonds is 3. The Morgan fingerprint density at radius 1 is 1.56 bits per heavy atom. The van der Waals surface area contributed by atoms with Gasteiger partial charge in [-0.2, -0.15) is 0 Å². The molecule has 5 nitrogen and oxygen atoms in total. The lowest BCUT2D eigenvalue weighted by Gasteiger charge is -2.18. The molecule has 0 spiro atoms. The summed E-state index contributed by atoms with van der Waals surface area (Å²) in [5, 5.41) is 8.96. The van der Waals surface area contributed by atoms with E-state index in [9.17, 15) is 9.59 Å². The predicted octanol–water partition coefficient (Wildman–Crippen LogP) is 1.74. The fraction of sp³-hybridized carbons (Fsp3) is 0.333. The number of carbonyl (C=O) groups excluding carboxylic acids is 1. The number of carboxylic acid groups (broad SMARTS) is 1. The number of anilines is 1. The van der Waals surface area contributed by atoms with Gasteiger partial charge in [0.1, 0.15) is 5.75 Å². The minimum atomic E-state index is -0.927. The number of carbonyl (C=O) groups is 2. The average molecular weight is 361 g/mol. The van der Waals surface area contributed by atoms with E-state index < -0.39 is 11.9 Å². The van der Waals surface area contributed by atoms with Crippen LogP contribution in [0.5, 0.6) is 5.75 Å². The van der Waals surface area contributed by atoms with E-state index in [4.69, 9.17) is 9.84 Å². The van der Waals surface area contributed by atoms with Gasteiger partial charge in [-0.1, -0.05) is 0 Å². The maximum atomic E-state index is 11.9. The third kappa shape index (κ3) is 2.43. The molecule has 6 heteroatoms. The van der Waals surface area contributed by atoms with Crippen molar-refractivity contribution in [2.45, 2.75) is 6.42 Å². The molecule has 0 bridgehead atoms. The van der Waals surface area contributed by atoms with Gasteiger partial charge in [-0.25, -0.2) is 0 Å². The Kier molecular flexibility index (Phi) is 3.74. The van der Waals surface area contributed by atoms with Crippen molar-refractivity contribution in [3.05, 3.63) is 21.8 Å². The van der Waals surface area contributed by atoms with Crippen molar-refractivity contribution in [1.29, 1.82) is 0 Å². The minimum Gasteiger partial charge on any atom is -0.497 e. The highest BCUT2D eigenvalue weighted by Crippen LogP contribution is 2.32. The van der Waals surface area contributed by atoms with Crippen LogP contribution in [0.25, 0.3) is 0 Å². The zero-order valence-corrected chi connectivity index (χ0v) is 11.9. The monoisotopic (exact) mass is 361 g/mol. The molecule has 1 aliphatic heterocycles. The molecule has 1 fully saturated rings. The van der Waals surface area contributed by atoms with Gasteiger partial charge in [0.2, 0.25) is 5.91 Å². The maximum absolute atomic E-state index is 11.9. The van der Waals surface area contributed by atoms with E-state index in [0.717, 1.165) is 3.57 Å². The van der Waals surface area contributed by atoms with Crippen LogP contribution in [0.3, 0.4) is 0 Å². The summed E-state index contributed by atoms with van der Waals surface area (Å²) in [6.07, 6.45) is 0.0582. The lowest BCUT2D eigenvalue weighted by atomic mass is 10.1. The number of carboxylic acids is 1. The van der Waals surface area contributed by atoms with Gasteiger partial charge in [0.25, 0.3) is 0 Å². The third-order valence-corrected chi connectivity index (χ3v) is 3.83. The van der Waals surface area contributed by atoms with Gasteiger partial charge in [0.15, 0.2) is 0 Å². The van der Waals surface area contributed by atoms with Crippen molar-refractivity contribution in [2.75, 3.05) is 18.6 Å². The number of nitrogens with zero attached hydrogens (tertiary/aromatic N) is 1. The highest BCUT2D eigenvalue weighted by molar-refractivity contribution is 14.1. The summed E-state index contributed by atoms with van der Waals surface area (Å²) >= 11 is 2.12. The largest absolute Gasteiger partial charge is 0.497 e. The molecule has 1 amide bonds. The van der Waals surface area contributed by atoms with Crippen molar-refractivity contribution in [3.63, 3.8) is 0 Å². The molecule has 0 aromatic heterocycles. The quantitative estimate of drug-likeness (QED) is 0.833. The molecule has 1 N–H and O–H groups in total. The number of aliphatic carboxylic acids is 1. The number of hydrogen-bond donors (Lipinski definition) is 1. The third-order valence-electron chi connectivity index (χ3n) is 2.92. The first-order valence-electron chi connectivity index (χ1n) is 5.39. The van der Waals surface area contributed by atoms with Gasteiger partial charge < -0.3 is 14.7 Å². The van der Waals surface area contributed by atoms with Crippen LogP contribution in [0.15, 0.2) is 18.2 Å². The van der Waals surface area contributed by atoms with E-state index in [0.29, 0.717) is 11.4 Å². The molecule has 1 saturated heterocycles. The van der Waals surface area contributed by atoms with Gasteiger partial charge in [-0.15, -0.1) is 0 Å². The molecule has 2 rings (SSSR count). The zero-order valence-electron chi connectivity index (χ0n) is 9.72. The molecule has 1 unspecified atom stereocenters. The number of methoxy groups -OCH3 is 1. The number of halogens is 1. The average Bonchev–Trinajstić information content (AvgIpc) is 2.72.